The summed E-state index contributed by atoms with van der Waals surface area (Å²) in [4.78, 5) is 11.5. The van der Waals surface area contributed by atoms with Gasteiger partial charge in [0.25, 0.3) is 0 Å². The molecule has 0 N–H and O–H groups in total. The van der Waals surface area contributed by atoms with E-state index in [0.717, 1.165) is 6.42 Å². The Labute approximate surface area is 97.9 Å². The molecule has 0 radical (unpaired) electrons. The zero-order valence-corrected chi connectivity index (χ0v) is 10.0. The first-order chi connectivity index (χ1) is 7.72. The fourth-order valence-electron chi connectivity index (χ4n) is 1.60. The highest BCUT2D eigenvalue weighted by atomic mass is 16.1. The molecule has 0 amide bonds. The van der Waals surface area contributed by atoms with E-state index in [9.17, 15) is 4.79 Å². The average Bonchev–Trinajstić information content (AvgIpc) is 2.27. The highest BCUT2D eigenvalue weighted by Crippen LogP contribution is 2.07. The molecule has 1 rings (SSSR count). The van der Waals surface area contributed by atoms with Gasteiger partial charge in [0.05, 0.1) is 0 Å². The molecule has 0 bridgehead atoms. The van der Waals surface area contributed by atoms with Gasteiger partial charge >= 0.3 is 0 Å². The normalized spacial score (nSPS) is 9.38. The minimum atomic E-state index is 0.309. The first-order valence-corrected chi connectivity index (χ1v) is 5.69. The van der Waals surface area contributed by atoms with E-state index in [0.29, 0.717) is 25.0 Å². The summed E-state index contributed by atoms with van der Waals surface area (Å²) in [6.45, 7) is 3.87. The van der Waals surface area contributed by atoms with E-state index < -0.39 is 0 Å². The van der Waals surface area contributed by atoms with E-state index in [1.165, 1.54) is 11.1 Å². The van der Waals surface area contributed by atoms with Gasteiger partial charge in [-0.15, -0.1) is 11.8 Å². The highest BCUT2D eigenvalue weighted by molar-refractivity contribution is 5.78. The lowest BCUT2D eigenvalue weighted by Crippen LogP contribution is -1.99. The summed E-state index contributed by atoms with van der Waals surface area (Å²) >= 11 is 0. The number of Topliss-reactive ketones (excluding diaryl/α,β-unsaturated/α-hetero) is 1. The largest absolute Gasteiger partial charge is 0.300 e. The van der Waals surface area contributed by atoms with E-state index in [1.54, 1.807) is 6.92 Å². The van der Waals surface area contributed by atoms with Crippen LogP contribution in [0.4, 0.5) is 0 Å². The second-order valence-corrected chi connectivity index (χ2v) is 3.95. The lowest BCUT2D eigenvalue weighted by atomic mass is 10.0. The van der Waals surface area contributed by atoms with Crippen molar-refractivity contribution in [3.05, 3.63) is 35.4 Å². The number of hydrogen-bond acceptors (Lipinski definition) is 1. The van der Waals surface area contributed by atoms with Crippen molar-refractivity contribution in [2.45, 2.75) is 39.5 Å². The first kappa shape index (κ1) is 12.5. The van der Waals surface area contributed by atoms with Crippen LogP contribution in [0.15, 0.2) is 24.3 Å². The van der Waals surface area contributed by atoms with Crippen molar-refractivity contribution < 1.29 is 4.79 Å². The molecule has 0 saturated carbocycles. The highest BCUT2D eigenvalue weighted by Gasteiger charge is 2.01. The molecule has 0 atom stereocenters. The van der Waals surface area contributed by atoms with Gasteiger partial charge in [0.1, 0.15) is 5.78 Å². The molecule has 0 saturated heterocycles. The van der Waals surface area contributed by atoms with Gasteiger partial charge in [-0.05, 0) is 25.8 Å². The zero-order chi connectivity index (χ0) is 11.8. The fraction of sp³-hybridized carbons (Fsp3) is 0.400. The van der Waals surface area contributed by atoms with Gasteiger partial charge in [-0.25, -0.2) is 0 Å². The molecule has 84 valence electrons. The monoisotopic (exact) mass is 214 g/mol. The minimum Gasteiger partial charge on any atom is -0.300 e. The Morgan fingerprint density at radius 3 is 2.81 bits per heavy atom. The van der Waals surface area contributed by atoms with Crippen molar-refractivity contribution in [1.29, 1.82) is 0 Å². The van der Waals surface area contributed by atoms with Crippen LogP contribution in [0.1, 0.15) is 37.3 Å². The molecule has 0 aliphatic heterocycles. The van der Waals surface area contributed by atoms with Crippen molar-refractivity contribution in [1.82, 2.24) is 0 Å². The van der Waals surface area contributed by atoms with E-state index in [4.69, 9.17) is 0 Å². The second kappa shape index (κ2) is 6.85. The Balaban J connectivity index is 2.33. The predicted octanol–water partition coefficient (Wildman–Crippen LogP) is 3.30. The Kier molecular flexibility index (Phi) is 5.36. The Morgan fingerprint density at radius 1 is 1.31 bits per heavy atom. The zero-order valence-electron chi connectivity index (χ0n) is 10.0. The van der Waals surface area contributed by atoms with Crippen molar-refractivity contribution in [2.24, 2.45) is 0 Å². The molecular weight excluding hydrogens is 196 g/mol. The van der Waals surface area contributed by atoms with Gasteiger partial charge in [-0.1, -0.05) is 29.8 Å². The Morgan fingerprint density at radius 2 is 2.12 bits per heavy atom. The number of benzene rings is 1. The molecule has 1 aromatic rings. The third-order valence-corrected chi connectivity index (χ3v) is 2.48. The van der Waals surface area contributed by atoms with Crippen LogP contribution < -0.4 is 0 Å². The summed E-state index contributed by atoms with van der Waals surface area (Å²) < 4.78 is 0. The number of ketones is 1. The molecule has 0 aromatic heterocycles. The molecule has 0 heterocycles. The van der Waals surface area contributed by atoms with Crippen LogP contribution in [-0.2, 0) is 11.2 Å². The first-order valence-electron chi connectivity index (χ1n) is 5.69. The summed E-state index contributed by atoms with van der Waals surface area (Å²) in [7, 11) is 0. The average molecular weight is 214 g/mol. The van der Waals surface area contributed by atoms with Crippen LogP contribution in [0.3, 0.4) is 0 Å². The summed E-state index contributed by atoms with van der Waals surface area (Å²) in [5, 5.41) is 0. The van der Waals surface area contributed by atoms with Crippen LogP contribution in [0, 0.1) is 18.8 Å². The summed E-state index contributed by atoms with van der Waals surface area (Å²) in [6, 6.07) is 8.32. The van der Waals surface area contributed by atoms with Crippen LogP contribution in [0.5, 0.6) is 0 Å². The minimum absolute atomic E-state index is 0.309. The molecular formula is C15H18O. The third kappa shape index (κ3) is 4.79. The van der Waals surface area contributed by atoms with Crippen LogP contribution in [0.2, 0.25) is 0 Å². The van der Waals surface area contributed by atoms with Gasteiger partial charge in [-0.3, -0.25) is 4.79 Å². The molecule has 0 spiro atoms. The van der Waals surface area contributed by atoms with E-state index in [-0.39, 0.29) is 0 Å². The maximum atomic E-state index is 11.5. The molecule has 0 unspecified atom stereocenters. The van der Waals surface area contributed by atoms with Crippen molar-refractivity contribution in [3.8, 4) is 11.8 Å². The molecule has 16 heavy (non-hydrogen) atoms. The smallest absolute Gasteiger partial charge is 0.134 e. The van der Waals surface area contributed by atoms with E-state index >= 15 is 0 Å². The number of carbonyl (C=O) groups is 1. The molecule has 1 heteroatoms. The van der Waals surface area contributed by atoms with Crippen molar-refractivity contribution in [3.63, 3.8) is 0 Å². The lowest BCUT2D eigenvalue weighted by molar-refractivity contribution is -0.118. The maximum Gasteiger partial charge on any atom is 0.134 e. The van der Waals surface area contributed by atoms with E-state index in [1.807, 2.05) is 6.07 Å². The predicted molar refractivity (Wildman–Crippen MR) is 67.2 cm³/mol. The molecule has 1 nitrogen and oxygen atoms in total. The topological polar surface area (TPSA) is 17.1 Å². The molecule has 1 aromatic carbocycles. The lowest BCUT2D eigenvalue weighted by Gasteiger charge is -2.01. The van der Waals surface area contributed by atoms with Gasteiger partial charge in [-0.2, -0.15) is 0 Å². The van der Waals surface area contributed by atoms with Gasteiger partial charge in [0.15, 0.2) is 0 Å². The fourth-order valence-corrected chi connectivity index (χ4v) is 1.60. The summed E-state index contributed by atoms with van der Waals surface area (Å²) in [6.07, 6.45) is 2.77. The van der Waals surface area contributed by atoms with E-state index in [2.05, 4.69) is 37.0 Å². The maximum absolute atomic E-state index is 11.5. The summed E-state index contributed by atoms with van der Waals surface area (Å²) in [5.41, 5.74) is 2.50. The van der Waals surface area contributed by atoms with Crippen LogP contribution in [0.25, 0.3) is 0 Å². The number of hydrogen-bond donors (Lipinski definition) is 0. The van der Waals surface area contributed by atoms with Gasteiger partial charge < -0.3 is 0 Å². The second-order valence-electron chi connectivity index (χ2n) is 3.95. The van der Waals surface area contributed by atoms with Gasteiger partial charge in [0, 0.05) is 19.3 Å². The third-order valence-electron chi connectivity index (χ3n) is 2.48. The Bertz CT molecular complexity index is 407. The van der Waals surface area contributed by atoms with Crippen molar-refractivity contribution >= 4 is 5.78 Å². The molecule has 0 aliphatic rings. The Hall–Kier alpha value is -1.55. The number of carbonyl (C=O) groups excluding carboxylic acids is 1. The van der Waals surface area contributed by atoms with Crippen molar-refractivity contribution in [2.75, 3.05) is 0 Å². The molecule has 0 aliphatic carbocycles. The summed E-state index contributed by atoms with van der Waals surface area (Å²) in [5.74, 6) is 6.03. The van der Waals surface area contributed by atoms with Crippen LogP contribution in [-0.4, -0.2) is 5.78 Å². The van der Waals surface area contributed by atoms with Gasteiger partial charge in [0.2, 0.25) is 0 Å². The van der Waals surface area contributed by atoms with Crippen LogP contribution >= 0.6 is 0 Å². The SMILES string of the molecule is CC#CCCC(=O)CCc1cccc(C)c1. The molecule has 0 fully saturated rings. The standard InChI is InChI=1S/C15H18O/c1-3-4-5-9-15(16)11-10-14-8-6-7-13(2)12-14/h6-8,12H,5,9-11H2,1-2H3. The number of rotatable bonds is 5. The quantitative estimate of drug-likeness (QED) is 0.687. The number of aryl methyl sites for hydroxylation is 2.